The van der Waals surface area contributed by atoms with Crippen LogP contribution in [0.1, 0.15) is 12.0 Å². The Morgan fingerprint density at radius 2 is 1.64 bits per heavy atom. The van der Waals surface area contributed by atoms with Crippen LogP contribution in [0.3, 0.4) is 0 Å². The molecule has 1 aromatic rings. The highest BCUT2D eigenvalue weighted by atomic mass is 16.3. The Bertz CT molecular complexity index is 254. The summed E-state index contributed by atoms with van der Waals surface area (Å²) in [5.74, 6) is -0.00690. The van der Waals surface area contributed by atoms with E-state index in [1.807, 2.05) is 24.3 Å². The second-order valence-electron chi connectivity index (χ2n) is 3.51. The summed E-state index contributed by atoms with van der Waals surface area (Å²) >= 11 is 0. The monoisotopic (exact) mass is 195 g/mol. The molecule has 0 fully saturated rings. The predicted octanol–water partition coefficient (Wildman–Crippen LogP) is 0.802. The lowest BCUT2D eigenvalue weighted by atomic mass is 10.0. The van der Waals surface area contributed by atoms with Gasteiger partial charge in [0.1, 0.15) is 0 Å². The molecular weight excluding hydrogens is 178 g/mol. The lowest BCUT2D eigenvalue weighted by molar-refractivity contribution is 0.144. The van der Waals surface area contributed by atoms with Gasteiger partial charge < -0.3 is 15.9 Å². The minimum Gasteiger partial charge on any atom is -0.399 e. The van der Waals surface area contributed by atoms with E-state index < -0.39 is 0 Å². The molecule has 0 unspecified atom stereocenters. The third-order valence-electron chi connectivity index (χ3n) is 2.34. The van der Waals surface area contributed by atoms with Crippen molar-refractivity contribution in [3.8, 4) is 0 Å². The van der Waals surface area contributed by atoms with Crippen molar-refractivity contribution in [3.63, 3.8) is 0 Å². The Kier molecular flexibility index (Phi) is 4.43. The van der Waals surface area contributed by atoms with E-state index in [0.717, 1.165) is 18.5 Å². The Labute approximate surface area is 84.2 Å². The fraction of sp³-hybridized carbons (Fsp3) is 0.455. The van der Waals surface area contributed by atoms with E-state index in [9.17, 15) is 0 Å². The molecule has 0 saturated heterocycles. The first-order chi connectivity index (χ1) is 6.76. The summed E-state index contributed by atoms with van der Waals surface area (Å²) in [6.45, 7) is 0.0942. The average molecular weight is 195 g/mol. The SMILES string of the molecule is Nc1ccc(CCC(CO)CO)cc1. The molecule has 0 amide bonds. The first-order valence-corrected chi connectivity index (χ1v) is 4.82. The average Bonchev–Trinajstić information content (AvgIpc) is 2.22. The molecule has 0 aromatic heterocycles. The topological polar surface area (TPSA) is 66.5 Å². The minimum atomic E-state index is -0.00690. The maximum absolute atomic E-state index is 8.87. The molecular formula is C11H17NO2. The van der Waals surface area contributed by atoms with Crippen molar-refractivity contribution < 1.29 is 10.2 Å². The van der Waals surface area contributed by atoms with Crippen LogP contribution in [-0.2, 0) is 6.42 Å². The second-order valence-corrected chi connectivity index (χ2v) is 3.51. The minimum absolute atomic E-state index is 0.00690. The number of anilines is 1. The zero-order chi connectivity index (χ0) is 10.4. The van der Waals surface area contributed by atoms with Gasteiger partial charge in [-0.1, -0.05) is 12.1 Å². The largest absolute Gasteiger partial charge is 0.399 e. The number of hydrogen-bond donors (Lipinski definition) is 3. The van der Waals surface area contributed by atoms with E-state index in [0.29, 0.717) is 0 Å². The van der Waals surface area contributed by atoms with E-state index in [-0.39, 0.29) is 19.1 Å². The molecule has 14 heavy (non-hydrogen) atoms. The fourth-order valence-electron chi connectivity index (χ4n) is 1.30. The van der Waals surface area contributed by atoms with Gasteiger partial charge in [0, 0.05) is 24.8 Å². The molecule has 0 atom stereocenters. The first kappa shape index (κ1) is 11.0. The van der Waals surface area contributed by atoms with Crippen molar-refractivity contribution >= 4 is 5.69 Å². The number of rotatable bonds is 5. The van der Waals surface area contributed by atoms with Crippen LogP contribution in [-0.4, -0.2) is 23.4 Å². The Balaban J connectivity index is 2.41. The maximum Gasteiger partial charge on any atom is 0.0481 e. The fourth-order valence-corrected chi connectivity index (χ4v) is 1.30. The highest BCUT2D eigenvalue weighted by molar-refractivity contribution is 5.39. The van der Waals surface area contributed by atoms with Gasteiger partial charge in [0.2, 0.25) is 0 Å². The molecule has 0 spiro atoms. The summed E-state index contributed by atoms with van der Waals surface area (Å²) in [6.07, 6.45) is 1.67. The molecule has 1 rings (SSSR count). The van der Waals surface area contributed by atoms with E-state index in [1.54, 1.807) is 0 Å². The van der Waals surface area contributed by atoms with Crippen molar-refractivity contribution in [2.24, 2.45) is 5.92 Å². The quantitative estimate of drug-likeness (QED) is 0.609. The first-order valence-electron chi connectivity index (χ1n) is 4.82. The molecule has 0 saturated carbocycles. The van der Waals surface area contributed by atoms with E-state index in [1.165, 1.54) is 5.56 Å². The van der Waals surface area contributed by atoms with Gasteiger partial charge in [0.05, 0.1) is 0 Å². The molecule has 1 aromatic carbocycles. The zero-order valence-electron chi connectivity index (χ0n) is 8.19. The van der Waals surface area contributed by atoms with Gasteiger partial charge >= 0.3 is 0 Å². The van der Waals surface area contributed by atoms with Crippen molar-refractivity contribution in [1.29, 1.82) is 0 Å². The van der Waals surface area contributed by atoms with Crippen molar-refractivity contribution in [2.45, 2.75) is 12.8 Å². The molecule has 78 valence electrons. The van der Waals surface area contributed by atoms with Crippen LogP contribution in [0.4, 0.5) is 5.69 Å². The number of aliphatic hydroxyl groups is 2. The van der Waals surface area contributed by atoms with Crippen LogP contribution in [0.25, 0.3) is 0 Å². The van der Waals surface area contributed by atoms with E-state index in [4.69, 9.17) is 15.9 Å². The Morgan fingerprint density at radius 1 is 1.07 bits per heavy atom. The molecule has 4 N–H and O–H groups in total. The third-order valence-corrected chi connectivity index (χ3v) is 2.34. The standard InChI is InChI=1S/C11H17NO2/c12-11-5-3-9(4-6-11)1-2-10(7-13)8-14/h3-6,10,13-14H,1-2,7-8,12H2. The number of aliphatic hydroxyl groups excluding tert-OH is 2. The Hall–Kier alpha value is -1.06. The van der Waals surface area contributed by atoms with Crippen molar-refractivity contribution in [1.82, 2.24) is 0 Å². The van der Waals surface area contributed by atoms with Gasteiger partial charge in [-0.3, -0.25) is 0 Å². The summed E-state index contributed by atoms with van der Waals surface area (Å²) < 4.78 is 0. The highest BCUT2D eigenvalue weighted by Crippen LogP contribution is 2.11. The van der Waals surface area contributed by atoms with Crippen LogP contribution in [0.2, 0.25) is 0 Å². The highest BCUT2D eigenvalue weighted by Gasteiger charge is 2.05. The summed E-state index contributed by atoms with van der Waals surface area (Å²) in [7, 11) is 0. The summed E-state index contributed by atoms with van der Waals surface area (Å²) in [4.78, 5) is 0. The molecule has 0 aliphatic heterocycles. The van der Waals surface area contributed by atoms with Gasteiger partial charge in [-0.2, -0.15) is 0 Å². The van der Waals surface area contributed by atoms with Crippen LogP contribution in [0.5, 0.6) is 0 Å². The van der Waals surface area contributed by atoms with Gasteiger partial charge in [0.15, 0.2) is 0 Å². The van der Waals surface area contributed by atoms with E-state index in [2.05, 4.69) is 0 Å². The van der Waals surface area contributed by atoms with E-state index >= 15 is 0 Å². The lowest BCUT2D eigenvalue weighted by Crippen LogP contribution is -2.11. The summed E-state index contributed by atoms with van der Waals surface area (Å²) in [5.41, 5.74) is 7.50. The Morgan fingerprint density at radius 3 is 2.14 bits per heavy atom. The van der Waals surface area contributed by atoms with Crippen molar-refractivity contribution in [2.75, 3.05) is 18.9 Å². The van der Waals surface area contributed by atoms with Crippen LogP contribution in [0.15, 0.2) is 24.3 Å². The molecule has 0 heterocycles. The summed E-state index contributed by atoms with van der Waals surface area (Å²) in [6, 6.07) is 7.67. The molecule has 0 aliphatic rings. The van der Waals surface area contributed by atoms with Gasteiger partial charge in [-0.25, -0.2) is 0 Å². The van der Waals surface area contributed by atoms with Crippen LogP contribution < -0.4 is 5.73 Å². The van der Waals surface area contributed by atoms with Gasteiger partial charge in [-0.05, 0) is 30.5 Å². The zero-order valence-corrected chi connectivity index (χ0v) is 8.19. The molecule has 3 heteroatoms. The van der Waals surface area contributed by atoms with Crippen LogP contribution in [0, 0.1) is 5.92 Å². The number of aryl methyl sites for hydroxylation is 1. The van der Waals surface area contributed by atoms with Crippen molar-refractivity contribution in [3.05, 3.63) is 29.8 Å². The third kappa shape index (κ3) is 3.36. The molecule has 3 nitrogen and oxygen atoms in total. The number of nitrogen functional groups attached to an aromatic ring is 1. The smallest absolute Gasteiger partial charge is 0.0481 e. The maximum atomic E-state index is 8.87. The van der Waals surface area contributed by atoms with Crippen LogP contribution >= 0.6 is 0 Å². The van der Waals surface area contributed by atoms with Gasteiger partial charge in [0.25, 0.3) is 0 Å². The second kappa shape index (κ2) is 5.62. The number of hydrogen-bond acceptors (Lipinski definition) is 3. The molecule has 0 bridgehead atoms. The summed E-state index contributed by atoms with van der Waals surface area (Å²) in [5, 5.41) is 17.7. The molecule has 0 radical (unpaired) electrons. The normalized spacial score (nSPS) is 10.8. The number of benzene rings is 1. The predicted molar refractivity (Wildman–Crippen MR) is 56.8 cm³/mol. The molecule has 0 aliphatic carbocycles. The number of nitrogens with two attached hydrogens (primary N) is 1. The van der Waals surface area contributed by atoms with Gasteiger partial charge in [-0.15, -0.1) is 0 Å². The lowest BCUT2D eigenvalue weighted by Gasteiger charge is -2.10.